The minimum absolute atomic E-state index is 0.529. The summed E-state index contributed by atoms with van der Waals surface area (Å²) >= 11 is 2.31. The molecule has 0 saturated heterocycles. The van der Waals surface area contributed by atoms with Crippen LogP contribution in [0.15, 0.2) is 0 Å². The normalized spacial score (nSPS) is 11.5. The molecule has 0 aromatic rings. The van der Waals surface area contributed by atoms with Crippen molar-refractivity contribution in [1.29, 1.82) is 0 Å². The van der Waals surface area contributed by atoms with Gasteiger partial charge in [-0.1, -0.05) is 33.5 Å². The zero-order chi connectivity index (χ0) is 6.62. The highest BCUT2D eigenvalue weighted by molar-refractivity contribution is 14.1. The lowest BCUT2D eigenvalue weighted by Crippen LogP contribution is -2.09. The van der Waals surface area contributed by atoms with Crippen LogP contribution in [-0.2, 0) is 0 Å². The summed E-state index contributed by atoms with van der Waals surface area (Å²) in [5.41, 5.74) is 0.529. The van der Waals surface area contributed by atoms with Gasteiger partial charge in [0, 0.05) is 0 Å². The molecular formula is C6H13BI. The maximum absolute atomic E-state index is 2.31. The first-order valence-electron chi connectivity index (χ1n) is 3.04. The van der Waals surface area contributed by atoms with Gasteiger partial charge < -0.3 is 0 Å². The Balaban J connectivity index is 3.37. The van der Waals surface area contributed by atoms with Crippen LogP contribution in [0.5, 0.6) is 0 Å². The molecule has 0 aliphatic heterocycles. The van der Waals surface area contributed by atoms with E-state index in [0.717, 1.165) is 0 Å². The first kappa shape index (κ1) is 8.79. The molecule has 0 aromatic carbocycles. The first-order chi connectivity index (χ1) is 3.62. The number of hydrogen-bond donors (Lipinski definition) is 0. The maximum Gasteiger partial charge on any atom is 0.200 e. The third-order valence-corrected chi connectivity index (χ3v) is 2.03. The standard InChI is InChI=1S/C6H13BI/c1-4-6(2,3)5-7-8/h4-5H2,1-3H3. The summed E-state index contributed by atoms with van der Waals surface area (Å²) in [4.78, 5) is 0. The molecule has 0 aliphatic rings. The summed E-state index contributed by atoms with van der Waals surface area (Å²) in [5.74, 6) is 0. The largest absolute Gasteiger partial charge is 0.200 e. The third kappa shape index (κ3) is 3.76. The molecule has 0 nitrogen and oxygen atoms in total. The second-order valence-corrected chi connectivity index (χ2v) is 3.76. The molecule has 0 aromatic heterocycles. The van der Waals surface area contributed by atoms with E-state index in [1.54, 1.807) is 0 Å². The van der Waals surface area contributed by atoms with Crippen LogP contribution in [0.1, 0.15) is 27.2 Å². The van der Waals surface area contributed by atoms with Gasteiger partial charge in [0.2, 0.25) is 5.14 Å². The van der Waals surface area contributed by atoms with E-state index in [1.807, 2.05) is 0 Å². The van der Waals surface area contributed by atoms with Crippen molar-refractivity contribution in [2.75, 3.05) is 0 Å². The highest BCUT2D eigenvalue weighted by Crippen LogP contribution is 2.24. The van der Waals surface area contributed by atoms with E-state index in [9.17, 15) is 0 Å². The number of rotatable bonds is 3. The third-order valence-electron chi connectivity index (χ3n) is 1.59. The molecule has 0 unspecified atom stereocenters. The molecule has 0 heterocycles. The molecule has 2 heteroatoms. The summed E-state index contributed by atoms with van der Waals surface area (Å²) in [5, 5.41) is 2.21. The minimum Gasteiger partial charge on any atom is -0.159 e. The van der Waals surface area contributed by atoms with Crippen LogP contribution < -0.4 is 0 Å². The Morgan fingerprint density at radius 3 is 2.12 bits per heavy atom. The quantitative estimate of drug-likeness (QED) is 0.509. The smallest absolute Gasteiger partial charge is 0.159 e. The van der Waals surface area contributed by atoms with Gasteiger partial charge in [-0.3, -0.25) is 0 Å². The molecule has 0 saturated carbocycles. The van der Waals surface area contributed by atoms with Gasteiger partial charge in [0.15, 0.2) is 0 Å². The molecular weight excluding hydrogens is 210 g/mol. The van der Waals surface area contributed by atoms with E-state index < -0.39 is 0 Å². The van der Waals surface area contributed by atoms with Crippen LogP contribution in [0.3, 0.4) is 0 Å². The van der Waals surface area contributed by atoms with Gasteiger partial charge in [-0.2, -0.15) is 22.4 Å². The lowest BCUT2D eigenvalue weighted by molar-refractivity contribution is 0.398. The van der Waals surface area contributed by atoms with Gasteiger partial charge >= 0.3 is 0 Å². The second kappa shape index (κ2) is 3.75. The minimum atomic E-state index is 0.529. The van der Waals surface area contributed by atoms with Crippen molar-refractivity contribution in [3.8, 4) is 0 Å². The Hall–Kier alpha value is 0.795. The van der Waals surface area contributed by atoms with Crippen LogP contribution >= 0.6 is 22.4 Å². The van der Waals surface area contributed by atoms with Crippen molar-refractivity contribution in [3.05, 3.63) is 0 Å². The first-order valence-corrected chi connectivity index (χ1v) is 4.29. The monoisotopic (exact) mass is 223 g/mol. The van der Waals surface area contributed by atoms with Crippen molar-refractivity contribution in [1.82, 2.24) is 0 Å². The average Bonchev–Trinajstić information content (AvgIpc) is 1.67. The summed E-state index contributed by atoms with van der Waals surface area (Å²) in [6.45, 7) is 6.82. The molecule has 0 amide bonds. The van der Waals surface area contributed by atoms with Gasteiger partial charge in [0.05, 0.1) is 0 Å². The Kier molecular flexibility index (Phi) is 4.12. The van der Waals surface area contributed by atoms with E-state index in [2.05, 4.69) is 48.3 Å². The number of halogens is 1. The summed E-state index contributed by atoms with van der Waals surface area (Å²) in [6.07, 6.45) is 2.50. The second-order valence-electron chi connectivity index (χ2n) is 2.88. The SMILES string of the molecule is CCC(C)(C)C[B]I. The van der Waals surface area contributed by atoms with Gasteiger partial charge in [0.25, 0.3) is 0 Å². The van der Waals surface area contributed by atoms with Gasteiger partial charge in [-0.25, -0.2) is 0 Å². The molecule has 1 radical (unpaired) electrons. The van der Waals surface area contributed by atoms with Crippen LogP contribution in [0.2, 0.25) is 6.32 Å². The molecule has 0 atom stereocenters. The van der Waals surface area contributed by atoms with Crippen LogP contribution in [0.4, 0.5) is 0 Å². The Labute approximate surface area is 66.5 Å². The zero-order valence-corrected chi connectivity index (χ0v) is 8.03. The maximum atomic E-state index is 2.31. The fourth-order valence-corrected chi connectivity index (χ4v) is 1.55. The molecule has 0 aliphatic carbocycles. The molecule has 0 rings (SSSR count). The van der Waals surface area contributed by atoms with E-state index in [1.165, 1.54) is 12.7 Å². The lowest BCUT2D eigenvalue weighted by atomic mass is 9.77. The highest BCUT2D eigenvalue weighted by Gasteiger charge is 2.12. The fourth-order valence-electron chi connectivity index (χ4n) is 0.353. The topological polar surface area (TPSA) is 0 Å². The predicted molar refractivity (Wildman–Crippen MR) is 48.7 cm³/mol. The highest BCUT2D eigenvalue weighted by atomic mass is 127. The average molecular weight is 223 g/mol. The molecule has 8 heavy (non-hydrogen) atoms. The Bertz CT molecular complexity index is 61.5. The van der Waals surface area contributed by atoms with Crippen molar-refractivity contribution < 1.29 is 0 Å². The van der Waals surface area contributed by atoms with E-state index in [4.69, 9.17) is 0 Å². The predicted octanol–water partition coefficient (Wildman–Crippen LogP) is 2.90. The van der Waals surface area contributed by atoms with Crippen LogP contribution in [0.25, 0.3) is 0 Å². The van der Waals surface area contributed by atoms with Crippen molar-refractivity contribution >= 4 is 27.5 Å². The van der Waals surface area contributed by atoms with Crippen LogP contribution in [-0.4, -0.2) is 5.14 Å². The molecule has 0 bridgehead atoms. The summed E-state index contributed by atoms with van der Waals surface area (Å²) < 4.78 is 0. The summed E-state index contributed by atoms with van der Waals surface area (Å²) in [6, 6.07) is 0. The van der Waals surface area contributed by atoms with Gasteiger partial charge in [-0.05, 0) is 5.41 Å². The van der Waals surface area contributed by atoms with Crippen LogP contribution in [0, 0.1) is 5.41 Å². The van der Waals surface area contributed by atoms with E-state index >= 15 is 0 Å². The van der Waals surface area contributed by atoms with E-state index in [-0.39, 0.29) is 0 Å². The number of hydrogen-bond acceptors (Lipinski definition) is 0. The summed E-state index contributed by atoms with van der Waals surface area (Å²) in [7, 11) is 0. The van der Waals surface area contributed by atoms with Gasteiger partial charge in [0.1, 0.15) is 0 Å². The van der Waals surface area contributed by atoms with Gasteiger partial charge in [-0.15, -0.1) is 0 Å². The Morgan fingerprint density at radius 2 is 2.00 bits per heavy atom. The fraction of sp³-hybridized carbons (Fsp3) is 1.00. The molecule has 0 fully saturated rings. The van der Waals surface area contributed by atoms with E-state index in [0.29, 0.717) is 5.41 Å². The van der Waals surface area contributed by atoms with Crippen molar-refractivity contribution in [3.63, 3.8) is 0 Å². The van der Waals surface area contributed by atoms with Crippen molar-refractivity contribution in [2.24, 2.45) is 5.41 Å². The zero-order valence-electron chi connectivity index (χ0n) is 5.87. The molecule has 47 valence electrons. The molecule has 0 N–H and O–H groups in total. The Morgan fingerprint density at radius 1 is 1.50 bits per heavy atom. The lowest BCUT2D eigenvalue weighted by Gasteiger charge is -2.20. The molecule has 0 spiro atoms. The van der Waals surface area contributed by atoms with Crippen molar-refractivity contribution in [2.45, 2.75) is 33.5 Å².